The van der Waals surface area contributed by atoms with Gasteiger partial charge in [-0.05, 0) is 18.8 Å². The smallest absolute Gasteiger partial charge is 0.0822 e. The molecule has 0 saturated carbocycles. The van der Waals surface area contributed by atoms with Crippen LogP contribution < -0.4 is 0 Å². The van der Waals surface area contributed by atoms with Gasteiger partial charge in [0.05, 0.1) is 6.61 Å². The molecule has 1 nitrogen and oxygen atoms in total. The van der Waals surface area contributed by atoms with E-state index in [0.29, 0.717) is 0 Å². The molecule has 0 aliphatic rings. The third-order valence-corrected chi connectivity index (χ3v) is 0.821. The maximum atomic E-state index is 9.82. The third-order valence-electron chi connectivity index (χ3n) is 0.821. The van der Waals surface area contributed by atoms with Gasteiger partial charge in [0.1, 0.15) is 0 Å². The van der Waals surface area contributed by atoms with Gasteiger partial charge in [0.2, 0.25) is 0 Å². The summed E-state index contributed by atoms with van der Waals surface area (Å²) in [7, 11) is 0. The second-order valence-electron chi connectivity index (χ2n) is 2.01. The normalized spacial score (nSPS) is 10.3. The highest BCUT2D eigenvalue weighted by Gasteiger charge is 1.90. The van der Waals surface area contributed by atoms with Gasteiger partial charge < -0.3 is 0 Å². The van der Waals surface area contributed by atoms with Crippen LogP contribution in [0.3, 0.4) is 0 Å². The minimum atomic E-state index is 0.0746. The van der Waals surface area contributed by atoms with Gasteiger partial charge in [-0.15, -0.1) is 0 Å². The highest BCUT2D eigenvalue weighted by molar-refractivity contribution is 4.75. The Hall–Kier alpha value is -0.0400. The second kappa shape index (κ2) is 4.13. The second-order valence-corrected chi connectivity index (χ2v) is 2.01. The lowest BCUT2D eigenvalue weighted by Crippen LogP contribution is -1.86. The average molecular weight is 100 g/mol. The summed E-state index contributed by atoms with van der Waals surface area (Å²) in [5.41, 5.74) is 0. The number of rotatable bonds is 3. The van der Waals surface area contributed by atoms with Crippen molar-refractivity contribution >= 4 is 0 Å². The summed E-state index contributed by atoms with van der Waals surface area (Å²) < 4.78 is 0. The Balaban J connectivity index is 2.68. The molecule has 0 N–H and O–H groups in total. The quantitative estimate of drug-likeness (QED) is 0.515. The molecular weight excluding hydrogens is 88.1 g/mol. The van der Waals surface area contributed by atoms with Crippen molar-refractivity contribution in [3.05, 3.63) is 5.92 Å². The summed E-state index contributed by atoms with van der Waals surface area (Å²) in [5.74, 6) is 1.36. The number of hydrogen-bond donors (Lipinski definition) is 0. The van der Waals surface area contributed by atoms with Gasteiger partial charge in [-0.2, -0.15) is 0 Å². The van der Waals surface area contributed by atoms with Gasteiger partial charge in [0.15, 0.2) is 0 Å². The Kier molecular flexibility index (Phi) is 4.10. The van der Waals surface area contributed by atoms with E-state index in [9.17, 15) is 5.11 Å². The van der Waals surface area contributed by atoms with Crippen LogP contribution in [0.2, 0.25) is 0 Å². The van der Waals surface area contributed by atoms with Gasteiger partial charge in [-0.25, -0.2) is 5.11 Å². The summed E-state index contributed by atoms with van der Waals surface area (Å²) >= 11 is 0. The van der Waals surface area contributed by atoms with Gasteiger partial charge in [-0.3, -0.25) is 0 Å². The molecule has 0 aromatic heterocycles. The summed E-state index contributed by atoms with van der Waals surface area (Å²) in [6.07, 6.45) is 1.81. The maximum absolute atomic E-state index is 9.82. The maximum Gasteiger partial charge on any atom is 0.0822 e. The molecule has 7 heavy (non-hydrogen) atoms. The zero-order chi connectivity index (χ0) is 5.70. The van der Waals surface area contributed by atoms with E-state index in [2.05, 4.69) is 13.8 Å². The van der Waals surface area contributed by atoms with E-state index in [4.69, 9.17) is 0 Å². The molecular formula is C6H12O. The SMILES string of the molecule is C[C](C)CCC[O]. The molecule has 0 bridgehead atoms. The van der Waals surface area contributed by atoms with E-state index in [-0.39, 0.29) is 6.61 Å². The fraction of sp³-hybridized carbons (Fsp3) is 0.833. The molecule has 42 valence electrons. The summed E-state index contributed by atoms with van der Waals surface area (Å²) in [5, 5.41) is 9.82. The van der Waals surface area contributed by atoms with E-state index < -0.39 is 0 Å². The lowest BCUT2D eigenvalue weighted by Gasteiger charge is -1.97. The van der Waals surface area contributed by atoms with Crippen molar-refractivity contribution in [3.8, 4) is 0 Å². The van der Waals surface area contributed by atoms with Crippen LogP contribution in [0.1, 0.15) is 26.7 Å². The molecule has 0 aromatic rings. The highest BCUT2D eigenvalue weighted by Crippen LogP contribution is 2.03. The predicted octanol–water partition coefficient (Wildman–Crippen LogP) is 1.81. The van der Waals surface area contributed by atoms with Gasteiger partial charge in [-0.1, -0.05) is 13.8 Å². The predicted molar refractivity (Wildman–Crippen MR) is 29.4 cm³/mol. The molecule has 0 spiro atoms. The molecule has 0 amide bonds. The van der Waals surface area contributed by atoms with E-state index in [1.807, 2.05) is 0 Å². The molecule has 0 aromatic carbocycles. The zero-order valence-electron chi connectivity index (χ0n) is 5.03. The largest absolute Gasteiger partial charge is 0.237 e. The lowest BCUT2D eigenvalue weighted by atomic mass is 10.1. The molecule has 0 heterocycles. The van der Waals surface area contributed by atoms with E-state index in [1.165, 1.54) is 5.92 Å². The van der Waals surface area contributed by atoms with Crippen LogP contribution in [0.25, 0.3) is 0 Å². The van der Waals surface area contributed by atoms with Crippen LogP contribution in [0, 0.1) is 5.92 Å². The summed E-state index contributed by atoms with van der Waals surface area (Å²) in [4.78, 5) is 0. The van der Waals surface area contributed by atoms with Crippen molar-refractivity contribution in [2.45, 2.75) is 26.7 Å². The highest BCUT2D eigenvalue weighted by atomic mass is 16.2. The van der Waals surface area contributed by atoms with Gasteiger partial charge in [0, 0.05) is 0 Å². The first kappa shape index (κ1) is 6.96. The monoisotopic (exact) mass is 100 g/mol. The molecule has 1 heteroatoms. The Morgan fingerprint density at radius 2 is 2.00 bits per heavy atom. The fourth-order valence-electron chi connectivity index (χ4n) is 0.426. The van der Waals surface area contributed by atoms with Crippen LogP contribution in [0.4, 0.5) is 0 Å². The van der Waals surface area contributed by atoms with Gasteiger partial charge >= 0.3 is 0 Å². The number of hydrogen-bond acceptors (Lipinski definition) is 0. The van der Waals surface area contributed by atoms with Crippen LogP contribution >= 0.6 is 0 Å². The summed E-state index contributed by atoms with van der Waals surface area (Å²) in [6, 6.07) is 0. The Morgan fingerprint density at radius 3 is 2.14 bits per heavy atom. The molecule has 0 aliphatic carbocycles. The molecule has 0 saturated heterocycles. The van der Waals surface area contributed by atoms with Crippen molar-refractivity contribution < 1.29 is 5.11 Å². The Bertz CT molecular complexity index is 33.2. The van der Waals surface area contributed by atoms with Crippen LogP contribution in [0.5, 0.6) is 0 Å². The molecule has 0 unspecified atom stereocenters. The molecule has 0 fully saturated rings. The Labute approximate surface area is 45.4 Å². The van der Waals surface area contributed by atoms with Crippen molar-refractivity contribution in [3.63, 3.8) is 0 Å². The lowest BCUT2D eigenvalue weighted by molar-refractivity contribution is 0.188. The Morgan fingerprint density at radius 1 is 1.43 bits per heavy atom. The molecule has 2 radical (unpaired) electrons. The van der Waals surface area contributed by atoms with Crippen LogP contribution in [-0.4, -0.2) is 6.61 Å². The minimum absolute atomic E-state index is 0.0746. The first-order valence-electron chi connectivity index (χ1n) is 2.64. The molecule has 0 atom stereocenters. The fourth-order valence-corrected chi connectivity index (χ4v) is 0.426. The van der Waals surface area contributed by atoms with Crippen molar-refractivity contribution in [2.75, 3.05) is 6.61 Å². The van der Waals surface area contributed by atoms with E-state index >= 15 is 0 Å². The molecule has 0 aliphatic heterocycles. The third kappa shape index (κ3) is 5.96. The van der Waals surface area contributed by atoms with Crippen molar-refractivity contribution in [1.29, 1.82) is 0 Å². The zero-order valence-corrected chi connectivity index (χ0v) is 5.03. The average Bonchev–Trinajstić information content (AvgIpc) is 1.61. The molecule has 0 rings (SSSR count). The van der Waals surface area contributed by atoms with E-state index in [1.54, 1.807) is 0 Å². The standard InChI is InChI=1S/C6H12O/c1-6(2)4-3-5-7/h3-5H2,1-2H3. The minimum Gasteiger partial charge on any atom is -0.237 e. The van der Waals surface area contributed by atoms with Crippen molar-refractivity contribution in [1.82, 2.24) is 0 Å². The van der Waals surface area contributed by atoms with Crippen LogP contribution in [0.15, 0.2) is 0 Å². The first-order chi connectivity index (χ1) is 3.27. The van der Waals surface area contributed by atoms with Gasteiger partial charge in [0.25, 0.3) is 0 Å². The van der Waals surface area contributed by atoms with Crippen molar-refractivity contribution in [2.24, 2.45) is 0 Å². The van der Waals surface area contributed by atoms with Crippen LogP contribution in [-0.2, 0) is 5.11 Å². The summed E-state index contributed by atoms with van der Waals surface area (Å²) in [6.45, 7) is 4.18. The topological polar surface area (TPSA) is 19.9 Å². The van der Waals surface area contributed by atoms with E-state index in [0.717, 1.165) is 12.8 Å². The first-order valence-corrected chi connectivity index (χ1v) is 2.64.